The molecule has 1 amide bonds. The van der Waals surface area contributed by atoms with E-state index in [0.717, 1.165) is 25.2 Å². The number of benzene rings is 2. The first kappa shape index (κ1) is 21.1. The van der Waals surface area contributed by atoms with E-state index in [1.165, 1.54) is 6.07 Å². The maximum Gasteiger partial charge on any atom is 0.253 e. The summed E-state index contributed by atoms with van der Waals surface area (Å²) >= 11 is 6.13. The van der Waals surface area contributed by atoms with Crippen molar-refractivity contribution in [3.05, 3.63) is 64.4 Å². The van der Waals surface area contributed by atoms with Gasteiger partial charge in [-0.25, -0.2) is 4.39 Å². The standard InChI is InChI=1S/C23H26ClFN2O3/c24-21-4-1-5-22(25)20(21)15-26-10-12-27(13-11-26)23(28)17-6-8-18(9-7-17)30-16-19-3-2-14-29-19/h1,4-9,19H,2-3,10-16H2/t19-/m1/s1. The summed E-state index contributed by atoms with van der Waals surface area (Å²) in [5, 5.41) is 0.440. The van der Waals surface area contributed by atoms with Crippen LogP contribution < -0.4 is 4.74 Å². The van der Waals surface area contributed by atoms with Gasteiger partial charge < -0.3 is 14.4 Å². The summed E-state index contributed by atoms with van der Waals surface area (Å²) in [4.78, 5) is 16.8. The van der Waals surface area contributed by atoms with Gasteiger partial charge in [0, 0.05) is 55.5 Å². The lowest BCUT2D eigenvalue weighted by molar-refractivity contribution is 0.0625. The Hall–Kier alpha value is -2.15. The smallest absolute Gasteiger partial charge is 0.253 e. The summed E-state index contributed by atoms with van der Waals surface area (Å²) < 4.78 is 25.3. The Balaban J connectivity index is 1.27. The van der Waals surface area contributed by atoms with Gasteiger partial charge in [0.2, 0.25) is 0 Å². The number of hydrogen-bond acceptors (Lipinski definition) is 4. The molecule has 0 radical (unpaired) electrons. The van der Waals surface area contributed by atoms with Crippen molar-refractivity contribution in [2.45, 2.75) is 25.5 Å². The van der Waals surface area contributed by atoms with Crippen molar-refractivity contribution in [2.75, 3.05) is 39.4 Å². The largest absolute Gasteiger partial charge is 0.491 e. The number of amides is 1. The zero-order chi connectivity index (χ0) is 20.9. The molecule has 4 rings (SSSR count). The van der Waals surface area contributed by atoms with E-state index < -0.39 is 0 Å². The number of rotatable bonds is 6. The molecule has 2 aromatic carbocycles. The number of carbonyl (C=O) groups is 1. The predicted molar refractivity (Wildman–Crippen MR) is 114 cm³/mol. The fraction of sp³-hybridized carbons (Fsp3) is 0.435. The molecule has 0 unspecified atom stereocenters. The lowest BCUT2D eigenvalue weighted by atomic mass is 10.1. The van der Waals surface area contributed by atoms with E-state index in [-0.39, 0.29) is 17.8 Å². The van der Waals surface area contributed by atoms with E-state index in [9.17, 15) is 9.18 Å². The first-order chi connectivity index (χ1) is 14.6. The third-order valence-electron chi connectivity index (χ3n) is 5.66. The van der Waals surface area contributed by atoms with E-state index >= 15 is 0 Å². The molecule has 1 atom stereocenters. The predicted octanol–water partition coefficient (Wildman–Crippen LogP) is 3.99. The molecule has 0 N–H and O–H groups in total. The molecule has 2 aliphatic heterocycles. The third-order valence-corrected chi connectivity index (χ3v) is 6.02. The van der Waals surface area contributed by atoms with E-state index in [1.807, 2.05) is 17.0 Å². The molecule has 2 aromatic rings. The molecule has 7 heteroatoms. The number of halogens is 2. The molecule has 0 aromatic heterocycles. The summed E-state index contributed by atoms with van der Waals surface area (Å²) in [5.41, 5.74) is 1.16. The highest BCUT2D eigenvalue weighted by Crippen LogP contribution is 2.22. The van der Waals surface area contributed by atoms with Crippen LogP contribution in [0, 0.1) is 5.82 Å². The molecule has 5 nitrogen and oxygen atoms in total. The fourth-order valence-corrected chi connectivity index (χ4v) is 4.08. The number of ether oxygens (including phenoxy) is 2. The van der Waals surface area contributed by atoms with Crippen molar-refractivity contribution in [1.29, 1.82) is 0 Å². The normalized spacial score (nSPS) is 19.8. The van der Waals surface area contributed by atoms with Crippen LogP contribution in [0.3, 0.4) is 0 Å². The van der Waals surface area contributed by atoms with Crippen LogP contribution in [0.1, 0.15) is 28.8 Å². The molecule has 30 heavy (non-hydrogen) atoms. The minimum absolute atomic E-state index is 0.00394. The Morgan fingerprint density at radius 1 is 1.13 bits per heavy atom. The number of piperazine rings is 1. The van der Waals surface area contributed by atoms with Crippen molar-refractivity contribution < 1.29 is 18.7 Å². The number of carbonyl (C=O) groups excluding carboxylic acids is 1. The second-order valence-corrected chi connectivity index (χ2v) is 8.15. The Bertz CT molecular complexity index is 843. The van der Waals surface area contributed by atoms with Crippen molar-refractivity contribution in [3.8, 4) is 5.75 Å². The average molecular weight is 433 g/mol. The zero-order valence-electron chi connectivity index (χ0n) is 16.9. The molecule has 2 fully saturated rings. The molecular weight excluding hydrogens is 407 g/mol. The van der Waals surface area contributed by atoms with Gasteiger partial charge in [-0.3, -0.25) is 9.69 Å². The van der Waals surface area contributed by atoms with Gasteiger partial charge in [-0.2, -0.15) is 0 Å². The SMILES string of the molecule is O=C(c1ccc(OC[C@H]2CCCO2)cc1)N1CCN(Cc2c(F)cccc2Cl)CC1. The number of nitrogens with zero attached hydrogens (tertiary/aromatic N) is 2. The Kier molecular flexibility index (Phi) is 6.87. The third kappa shape index (κ3) is 5.12. The molecule has 0 spiro atoms. The average Bonchev–Trinajstić information content (AvgIpc) is 3.29. The minimum atomic E-state index is -0.289. The van der Waals surface area contributed by atoms with E-state index in [4.69, 9.17) is 21.1 Å². The van der Waals surface area contributed by atoms with Crippen molar-refractivity contribution in [1.82, 2.24) is 9.80 Å². The number of hydrogen-bond donors (Lipinski definition) is 0. The van der Waals surface area contributed by atoms with Crippen molar-refractivity contribution in [2.24, 2.45) is 0 Å². The van der Waals surface area contributed by atoms with Crippen LogP contribution in [-0.2, 0) is 11.3 Å². The first-order valence-corrected chi connectivity index (χ1v) is 10.8. The first-order valence-electron chi connectivity index (χ1n) is 10.4. The molecule has 2 saturated heterocycles. The van der Waals surface area contributed by atoms with Gasteiger partial charge in [-0.15, -0.1) is 0 Å². The molecule has 0 aliphatic carbocycles. The molecule has 2 aliphatic rings. The Labute approximate surface area is 181 Å². The zero-order valence-corrected chi connectivity index (χ0v) is 17.6. The van der Waals surface area contributed by atoms with Gasteiger partial charge in [0.1, 0.15) is 18.2 Å². The van der Waals surface area contributed by atoms with Crippen LogP contribution in [0.5, 0.6) is 5.75 Å². The maximum atomic E-state index is 14.0. The molecule has 0 saturated carbocycles. The van der Waals surface area contributed by atoms with Gasteiger partial charge in [0.05, 0.1) is 6.10 Å². The van der Waals surface area contributed by atoms with Gasteiger partial charge in [-0.1, -0.05) is 17.7 Å². The summed E-state index contributed by atoms with van der Waals surface area (Å²) in [6, 6.07) is 12.0. The Morgan fingerprint density at radius 2 is 1.90 bits per heavy atom. The monoisotopic (exact) mass is 432 g/mol. The Morgan fingerprint density at radius 3 is 2.57 bits per heavy atom. The van der Waals surface area contributed by atoms with Crippen LogP contribution in [0.25, 0.3) is 0 Å². The van der Waals surface area contributed by atoms with Crippen LogP contribution in [0.2, 0.25) is 5.02 Å². The van der Waals surface area contributed by atoms with Gasteiger partial charge >= 0.3 is 0 Å². The summed E-state index contributed by atoms with van der Waals surface area (Å²) in [5.74, 6) is 0.459. The molecule has 0 bridgehead atoms. The molecule has 2 heterocycles. The summed E-state index contributed by atoms with van der Waals surface area (Å²) in [6.07, 6.45) is 2.29. The van der Waals surface area contributed by atoms with E-state index in [0.29, 0.717) is 55.5 Å². The minimum Gasteiger partial charge on any atom is -0.491 e. The lowest BCUT2D eigenvalue weighted by Gasteiger charge is -2.35. The van der Waals surface area contributed by atoms with Gasteiger partial charge in [-0.05, 0) is 49.2 Å². The highest BCUT2D eigenvalue weighted by Gasteiger charge is 2.23. The highest BCUT2D eigenvalue weighted by atomic mass is 35.5. The van der Waals surface area contributed by atoms with Crippen molar-refractivity contribution >= 4 is 17.5 Å². The quantitative estimate of drug-likeness (QED) is 0.692. The summed E-state index contributed by atoms with van der Waals surface area (Å²) in [6.45, 7) is 4.36. The molecular formula is C23H26ClFN2O3. The lowest BCUT2D eigenvalue weighted by Crippen LogP contribution is -2.48. The maximum absolute atomic E-state index is 14.0. The van der Waals surface area contributed by atoms with E-state index in [2.05, 4.69) is 4.90 Å². The van der Waals surface area contributed by atoms with Gasteiger partial charge in [0.25, 0.3) is 5.91 Å². The summed E-state index contributed by atoms with van der Waals surface area (Å²) in [7, 11) is 0. The van der Waals surface area contributed by atoms with Crippen LogP contribution in [0.15, 0.2) is 42.5 Å². The second kappa shape index (κ2) is 9.77. The second-order valence-electron chi connectivity index (χ2n) is 7.74. The van der Waals surface area contributed by atoms with Crippen LogP contribution >= 0.6 is 11.6 Å². The highest BCUT2D eigenvalue weighted by molar-refractivity contribution is 6.31. The van der Waals surface area contributed by atoms with Gasteiger partial charge in [0.15, 0.2) is 0 Å². The van der Waals surface area contributed by atoms with Crippen LogP contribution in [0.4, 0.5) is 4.39 Å². The molecule has 160 valence electrons. The topological polar surface area (TPSA) is 42.0 Å². The van der Waals surface area contributed by atoms with Crippen molar-refractivity contribution in [3.63, 3.8) is 0 Å². The fourth-order valence-electron chi connectivity index (χ4n) is 3.86. The van der Waals surface area contributed by atoms with Crippen LogP contribution in [-0.4, -0.2) is 61.2 Å². The van der Waals surface area contributed by atoms with E-state index in [1.54, 1.807) is 24.3 Å².